The van der Waals surface area contributed by atoms with Crippen LogP contribution in [0.4, 0.5) is 0 Å². The van der Waals surface area contributed by atoms with Crippen LogP contribution in [0, 0.1) is 0 Å². The molecule has 0 heterocycles. The van der Waals surface area contributed by atoms with Gasteiger partial charge in [-0.2, -0.15) is 0 Å². The molecule has 1 rings (SSSR count). The van der Waals surface area contributed by atoms with Crippen LogP contribution in [0.2, 0.25) is 0 Å². The van der Waals surface area contributed by atoms with Gasteiger partial charge < -0.3 is 9.84 Å². The van der Waals surface area contributed by atoms with Crippen molar-refractivity contribution in [3.63, 3.8) is 0 Å². The molecule has 0 saturated heterocycles. The molecule has 0 radical (unpaired) electrons. The number of phenolic OH excluding ortho intramolecular Hbond substituents is 1. The number of rotatable bonds is 5. The summed E-state index contributed by atoms with van der Waals surface area (Å²) in [5.41, 5.74) is 0. The Bertz CT molecular complexity index is 250. The third kappa shape index (κ3) is 4.20. The predicted octanol–water partition coefficient (Wildman–Crippen LogP) is 2.52. The Balaban J connectivity index is 2.28. The van der Waals surface area contributed by atoms with Gasteiger partial charge in [-0.05, 0) is 25.1 Å². The van der Waals surface area contributed by atoms with Crippen LogP contribution in [-0.2, 0) is 4.74 Å². The first-order chi connectivity index (χ1) is 6.33. The van der Waals surface area contributed by atoms with E-state index in [0.717, 1.165) is 23.9 Å². The smallest absolute Gasteiger partial charge is 0.116 e. The molecule has 0 atom stereocenters. The first kappa shape index (κ1) is 10.4. The topological polar surface area (TPSA) is 29.5 Å². The van der Waals surface area contributed by atoms with E-state index < -0.39 is 0 Å². The molecule has 0 saturated carbocycles. The van der Waals surface area contributed by atoms with Crippen LogP contribution in [0.3, 0.4) is 0 Å². The summed E-state index contributed by atoms with van der Waals surface area (Å²) in [6.07, 6.45) is 0. The quantitative estimate of drug-likeness (QED) is 0.582. The van der Waals surface area contributed by atoms with E-state index in [4.69, 9.17) is 4.74 Å². The molecular weight excluding hydrogens is 184 g/mol. The minimum atomic E-state index is 0.321. The van der Waals surface area contributed by atoms with Gasteiger partial charge in [-0.25, -0.2) is 0 Å². The van der Waals surface area contributed by atoms with Crippen LogP contribution >= 0.6 is 11.8 Å². The zero-order chi connectivity index (χ0) is 9.52. The Morgan fingerprint density at radius 3 is 3.00 bits per heavy atom. The van der Waals surface area contributed by atoms with E-state index in [-0.39, 0.29) is 0 Å². The van der Waals surface area contributed by atoms with Gasteiger partial charge >= 0.3 is 0 Å². The molecule has 1 N–H and O–H groups in total. The molecule has 0 bridgehead atoms. The Labute approximate surface area is 82.9 Å². The molecule has 13 heavy (non-hydrogen) atoms. The van der Waals surface area contributed by atoms with Gasteiger partial charge in [0.15, 0.2) is 0 Å². The maximum atomic E-state index is 9.17. The lowest BCUT2D eigenvalue weighted by Crippen LogP contribution is -1.95. The summed E-state index contributed by atoms with van der Waals surface area (Å²) in [6, 6.07) is 7.26. The monoisotopic (exact) mass is 198 g/mol. The maximum absolute atomic E-state index is 9.17. The van der Waals surface area contributed by atoms with E-state index in [1.54, 1.807) is 23.9 Å². The summed E-state index contributed by atoms with van der Waals surface area (Å²) in [5, 5.41) is 9.17. The van der Waals surface area contributed by atoms with Crippen molar-refractivity contribution in [2.24, 2.45) is 0 Å². The minimum absolute atomic E-state index is 0.321. The lowest BCUT2D eigenvalue weighted by atomic mass is 10.3. The second-order valence-corrected chi connectivity index (χ2v) is 3.71. The number of benzene rings is 1. The van der Waals surface area contributed by atoms with Crippen LogP contribution in [-0.4, -0.2) is 24.1 Å². The van der Waals surface area contributed by atoms with Gasteiger partial charge in [-0.3, -0.25) is 0 Å². The summed E-state index contributed by atoms with van der Waals surface area (Å²) in [5.74, 6) is 1.25. The normalized spacial score (nSPS) is 10.2. The largest absolute Gasteiger partial charge is 0.508 e. The van der Waals surface area contributed by atoms with Crippen LogP contribution in [0.15, 0.2) is 29.2 Å². The number of thioether (sulfide) groups is 1. The second-order valence-electron chi connectivity index (χ2n) is 2.54. The number of aromatic hydroxyl groups is 1. The molecule has 3 heteroatoms. The van der Waals surface area contributed by atoms with Crippen LogP contribution in [0.5, 0.6) is 5.75 Å². The highest BCUT2D eigenvalue weighted by atomic mass is 32.2. The number of hydrogen-bond acceptors (Lipinski definition) is 3. The summed E-state index contributed by atoms with van der Waals surface area (Å²) >= 11 is 1.69. The molecule has 72 valence electrons. The third-order valence-corrected chi connectivity index (χ3v) is 2.48. The number of hydrogen-bond donors (Lipinski definition) is 1. The van der Waals surface area contributed by atoms with E-state index >= 15 is 0 Å². The van der Waals surface area contributed by atoms with E-state index in [2.05, 4.69) is 0 Å². The van der Waals surface area contributed by atoms with Gasteiger partial charge in [-0.1, -0.05) is 6.07 Å². The molecule has 2 nitrogen and oxygen atoms in total. The fourth-order valence-electron chi connectivity index (χ4n) is 0.936. The zero-order valence-corrected chi connectivity index (χ0v) is 8.51. The highest BCUT2D eigenvalue weighted by molar-refractivity contribution is 7.99. The van der Waals surface area contributed by atoms with Gasteiger partial charge in [-0.15, -0.1) is 11.8 Å². The molecule has 1 aromatic carbocycles. The summed E-state index contributed by atoms with van der Waals surface area (Å²) in [4.78, 5) is 1.08. The van der Waals surface area contributed by atoms with Gasteiger partial charge in [0.1, 0.15) is 5.75 Å². The highest BCUT2D eigenvalue weighted by Gasteiger charge is 1.94. The molecule has 0 spiro atoms. The Kier molecular flexibility index (Phi) is 4.72. The minimum Gasteiger partial charge on any atom is -0.508 e. The molecule has 0 amide bonds. The van der Waals surface area contributed by atoms with Crippen LogP contribution < -0.4 is 0 Å². The van der Waals surface area contributed by atoms with Gasteiger partial charge in [0, 0.05) is 17.3 Å². The van der Waals surface area contributed by atoms with Crippen LogP contribution in [0.1, 0.15) is 6.92 Å². The Morgan fingerprint density at radius 2 is 2.31 bits per heavy atom. The SMILES string of the molecule is CCOCCSc1cccc(O)c1. The fourth-order valence-corrected chi connectivity index (χ4v) is 1.75. The molecule has 0 aromatic heterocycles. The zero-order valence-electron chi connectivity index (χ0n) is 7.69. The molecule has 0 fully saturated rings. The van der Waals surface area contributed by atoms with Crippen LogP contribution in [0.25, 0.3) is 0 Å². The second kappa shape index (κ2) is 5.89. The van der Waals surface area contributed by atoms with Crippen molar-refractivity contribution in [1.29, 1.82) is 0 Å². The first-order valence-electron chi connectivity index (χ1n) is 4.32. The fraction of sp³-hybridized carbons (Fsp3) is 0.400. The van der Waals surface area contributed by atoms with Gasteiger partial charge in [0.05, 0.1) is 6.61 Å². The molecule has 0 aliphatic carbocycles. The van der Waals surface area contributed by atoms with Crippen molar-refractivity contribution in [2.45, 2.75) is 11.8 Å². The van der Waals surface area contributed by atoms with E-state index in [1.165, 1.54) is 0 Å². The van der Waals surface area contributed by atoms with Crippen molar-refractivity contribution >= 4 is 11.8 Å². The molecule has 0 aliphatic rings. The standard InChI is InChI=1S/C10H14O2S/c1-2-12-6-7-13-10-5-3-4-9(11)8-10/h3-5,8,11H,2,6-7H2,1H3. The van der Waals surface area contributed by atoms with Crippen molar-refractivity contribution in [1.82, 2.24) is 0 Å². The average Bonchev–Trinajstić information content (AvgIpc) is 2.13. The van der Waals surface area contributed by atoms with Gasteiger partial charge in [0.2, 0.25) is 0 Å². The summed E-state index contributed by atoms with van der Waals surface area (Å²) < 4.78 is 5.20. The Morgan fingerprint density at radius 1 is 1.46 bits per heavy atom. The van der Waals surface area contributed by atoms with Crippen molar-refractivity contribution in [3.8, 4) is 5.75 Å². The molecule has 1 aromatic rings. The summed E-state index contributed by atoms with van der Waals surface area (Å²) in [6.45, 7) is 3.51. The Hall–Kier alpha value is -0.670. The average molecular weight is 198 g/mol. The summed E-state index contributed by atoms with van der Waals surface area (Å²) in [7, 11) is 0. The maximum Gasteiger partial charge on any atom is 0.116 e. The lowest BCUT2D eigenvalue weighted by Gasteiger charge is -2.01. The van der Waals surface area contributed by atoms with Crippen molar-refractivity contribution in [2.75, 3.05) is 19.0 Å². The van der Waals surface area contributed by atoms with Gasteiger partial charge in [0.25, 0.3) is 0 Å². The number of ether oxygens (including phenoxy) is 1. The molecule has 0 aliphatic heterocycles. The van der Waals surface area contributed by atoms with E-state index in [1.807, 2.05) is 19.1 Å². The van der Waals surface area contributed by atoms with E-state index in [9.17, 15) is 5.11 Å². The third-order valence-electron chi connectivity index (χ3n) is 1.52. The predicted molar refractivity (Wildman–Crippen MR) is 55.3 cm³/mol. The molecular formula is C10H14O2S. The van der Waals surface area contributed by atoms with Crippen molar-refractivity contribution in [3.05, 3.63) is 24.3 Å². The van der Waals surface area contributed by atoms with Crippen molar-refractivity contribution < 1.29 is 9.84 Å². The highest BCUT2D eigenvalue weighted by Crippen LogP contribution is 2.21. The molecule has 0 unspecified atom stereocenters. The lowest BCUT2D eigenvalue weighted by molar-refractivity contribution is 0.164. The van der Waals surface area contributed by atoms with E-state index in [0.29, 0.717) is 5.75 Å². The first-order valence-corrected chi connectivity index (χ1v) is 5.31. The number of phenols is 1.